The number of carbonyl (C=O) groups excluding carboxylic acids is 2. The van der Waals surface area contributed by atoms with Crippen LogP contribution in [-0.2, 0) is 11.3 Å². The van der Waals surface area contributed by atoms with Crippen LogP contribution in [0.1, 0.15) is 19.4 Å². The summed E-state index contributed by atoms with van der Waals surface area (Å²) in [6.45, 7) is 6.95. The monoisotopic (exact) mass is 395 g/mol. The molecule has 1 aliphatic rings. The third-order valence-electron chi connectivity index (χ3n) is 5.08. The second-order valence-corrected chi connectivity index (χ2v) is 7.54. The summed E-state index contributed by atoms with van der Waals surface area (Å²) in [4.78, 5) is 33.7. The topological polar surface area (TPSA) is 77.6 Å². The lowest BCUT2D eigenvalue weighted by molar-refractivity contribution is -0.124. The van der Waals surface area contributed by atoms with Crippen molar-refractivity contribution >= 4 is 17.8 Å². The quantitative estimate of drug-likeness (QED) is 0.787. The number of benzene rings is 1. The van der Waals surface area contributed by atoms with Crippen molar-refractivity contribution in [2.45, 2.75) is 26.4 Å². The molecule has 1 aliphatic heterocycles. The molecule has 2 N–H and O–H groups in total. The molecule has 1 aromatic carbocycles. The highest BCUT2D eigenvalue weighted by molar-refractivity contribution is 5.87. The Kier molecular flexibility index (Phi) is 7.05. The molecule has 1 atom stereocenters. The van der Waals surface area contributed by atoms with E-state index in [9.17, 15) is 9.59 Å². The van der Waals surface area contributed by atoms with Gasteiger partial charge in [-0.2, -0.15) is 0 Å². The lowest BCUT2D eigenvalue weighted by Crippen LogP contribution is -2.57. The van der Waals surface area contributed by atoms with E-state index in [0.717, 1.165) is 24.5 Å². The summed E-state index contributed by atoms with van der Waals surface area (Å²) in [6.07, 6.45) is 1.77. The van der Waals surface area contributed by atoms with E-state index in [0.29, 0.717) is 19.6 Å². The van der Waals surface area contributed by atoms with Crippen LogP contribution in [0.4, 0.5) is 10.6 Å². The predicted molar refractivity (Wildman–Crippen MR) is 113 cm³/mol. The van der Waals surface area contributed by atoms with Crippen molar-refractivity contribution in [1.29, 1.82) is 0 Å². The highest BCUT2D eigenvalue weighted by Gasteiger charge is 2.28. The molecule has 0 spiro atoms. The fourth-order valence-electron chi connectivity index (χ4n) is 3.33. The summed E-state index contributed by atoms with van der Waals surface area (Å²) in [5, 5.41) is 5.85. The zero-order valence-corrected chi connectivity index (χ0v) is 17.0. The first-order valence-electron chi connectivity index (χ1n) is 10.1. The van der Waals surface area contributed by atoms with Crippen LogP contribution in [0, 0.1) is 5.92 Å². The van der Waals surface area contributed by atoms with Gasteiger partial charge in [0.05, 0.1) is 0 Å². The number of anilines is 1. The number of hydrogen-bond donors (Lipinski definition) is 2. The average Bonchev–Trinajstić information content (AvgIpc) is 2.77. The molecular weight excluding hydrogens is 366 g/mol. The van der Waals surface area contributed by atoms with Crippen LogP contribution in [-0.4, -0.2) is 54.0 Å². The fraction of sp³-hybridized carbons (Fsp3) is 0.409. The van der Waals surface area contributed by atoms with Gasteiger partial charge in [-0.1, -0.05) is 50.2 Å². The fourth-order valence-corrected chi connectivity index (χ4v) is 3.33. The van der Waals surface area contributed by atoms with Gasteiger partial charge in [0.1, 0.15) is 11.9 Å². The van der Waals surface area contributed by atoms with Crippen LogP contribution in [0.3, 0.4) is 0 Å². The largest absolute Gasteiger partial charge is 0.353 e. The zero-order chi connectivity index (χ0) is 20.6. The lowest BCUT2D eigenvalue weighted by atomic mass is 10.0. The standard InChI is InChI=1S/C22H29N5O2/c1-17(2)20(21(28)24-16-18-8-4-3-5-9-18)25-22(29)27-14-12-26(13-15-27)19-10-6-7-11-23-19/h3-11,17,20H,12-16H2,1-2H3,(H,24,28)(H,25,29)/t20-/m0/s1. The lowest BCUT2D eigenvalue weighted by Gasteiger charge is -2.36. The molecule has 3 rings (SSSR count). The Balaban J connectivity index is 1.51. The normalized spacial score (nSPS) is 15.1. The number of carbonyl (C=O) groups is 2. The van der Waals surface area contributed by atoms with Gasteiger partial charge >= 0.3 is 6.03 Å². The van der Waals surface area contributed by atoms with E-state index in [2.05, 4.69) is 20.5 Å². The number of pyridine rings is 1. The van der Waals surface area contributed by atoms with Gasteiger partial charge in [-0.05, 0) is 23.6 Å². The van der Waals surface area contributed by atoms with Crippen LogP contribution < -0.4 is 15.5 Å². The summed E-state index contributed by atoms with van der Waals surface area (Å²) < 4.78 is 0. The maximum atomic E-state index is 12.7. The molecule has 0 aliphatic carbocycles. The predicted octanol–water partition coefficient (Wildman–Crippen LogP) is 2.25. The molecule has 29 heavy (non-hydrogen) atoms. The van der Waals surface area contributed by atoms with Gasteiger partial charge in [-0.15, -0.1) is 0 Å². The molecule has 1 aromatic heterocycles. The third-order valence-corrected chi connectivity index (χ3v) is 5.08. The van der Waals surface area contributed by atoms with Crippen molar-refractivity contribution in [1.82, 2.24) is 20.5 Å². The second-order valence-electron chi connectivity index (χ2n) is 7.54. The Labute approximate surface area is 172 Å². The molecule has 0 radical (unpaired) electrons. The Morgan fingerprint density at radius 1 is 1.00 bits per heavy atom. The number of nitrogens with zero attached hydrogens (tertiary/aromatic N) is 3. The molecule has 7 nitrogen and oxygen atoms in total. The van der Waals surface area contributed by atoms with E-state index in [-0.39, 0.29) is 17.9 Å². The Bertz CT molecular complexity index is 789. The van der Waals surface area contributed by atoms with Gasteiger partial charge in [-0.3, -0.25) is 4.79 Å². The van der Waals surface area contributed by atoms with Gasteiger partial charge in [0.2, 0.25) is 5.91 Å². The summed E-state index contributed by atoms with van der Waals surface area (Å²) >= 11 is 0. The minimum absolute atomic E-state index is 0.00969. The highest BCUT2D eigenvalue weighted by atomic mass is 16.2. The number of rotatable bonds is 6. The molecule has 1 fully saturated rings. The number of nitrogens with one attached hydrogen (secondary N) is 2. The molecule has 1 saturated heterocycles. The summed E-state index contributed by atoms with van der Waals surface area (Å²) in [5.74, 6) is 0.752. The van der Waals surface area contributed by atoms with Crippen LogP contribution in [0.5, 0.6) is 0 Å². The van der Waals surface area contributed by atoms with E-state index < -0.39 is 6.04 Å². The minimum Gasteiger partial charge on any atom is -0.353 e. The van der Waals surface area contributed by atoms with Crippen LogP contribution in [0.15, 0.2) is 54.7 Å². The van der Waals surface area contributed by atoms with Crippen LogP contribution >= 0.6 is 0 Å². The molecule has 154 valence electrons. The maximum absolute atomic E-state index is 12.7. The average molecular weight is 396 g/mol. The van der Waals surface area contributed by atoms with Gasteiger partial charge < -0.3 is 20.4 Å². The Morgan fingerprint density at radius 3 is 2.31 bits per heavy atom. The Morgan fingerprint density at radius 2 is 1.69 bits per heavy atom. The number of hydrogen-bond acceptors (Lipinski definition) is 4. The first-order chi connectivity index (χ1) is 14.0. The summed E-state index contributed by atoms with van der Waals surface area (Å²) in [6, 6.07) is 14.8. The van der Waals surface area contributed by atoms with Crippen molar-refractivity contribution in [3.05, 3.63) is 60.3 Å². The molecule has 2 heterocycles. The number of aromatic nitrogens is 1. The molecule has 0 unspecified atom stereocenters. The van der Waals surface area contributed by atoms with Gasteiger partial charge in [-0.25, -0.2) is 9.78 Å². The molecule has 3 amide bonds. The minimum atomic E-state index is -0.569. The number of amides is 3. The van der Waals surface area contributed by atoms with Crippen LogP contribution in [0.25, 0.3) is 0 Å². The van der Waals surface area contributed by atoms with Gasteiger partial charge in [0.25, 0.3) is 0 Å². The third kappa shape index (κ3) is 5.70. The van der Waals surface area contributed by atoms with E-state index >= 15 is 0 Å². The molecule has 0 saturated carbocycles. The summed E-state index contributed by atoms with van der Waals surface area (Å²) in [5.41, 5.74) is 1.03. The van der Waals surface area contributed by atoms with Gasteiger partial charge in [0.15, 0.2) is 0 Å². The highest BCUT2D eigenvalue weighted by Crippen LogP contribution is 2.13. The SMILES string of the molecule is CC(C)[C@H](NC(=O)N1CCN(c2ccccn2)CC1)C(=O)NCc1ccccc1. The van der Waals surface area contributed by atoms with Crippen molar-refractivity contribution < 1.29 is 9.59 Å². The zero-order valence-electron chi connectivity index (χ0n) is 17.0. The molecule has 7 heteroatoms. The van der Waals surface area contributed by atoms with Crippen molar-refractivity contribution in [3.8, 4) is 0 Å². The second kappa shape index (κ2) is 9.91. The number of piperazine rings is 1. The first kappa shape index (κ1) is 20.6. The smallest absolute Gasteiger partial charge is 0.318 e. The van der Waals surface area contributed by atoms with Crippen molar-refractivity contribution in [2.24, 2.45) is 5.92 Å². The van der Waals surface area contributed by atoms with E-state index in [1.807, 2.05) is 62.4 Å². The van der Waals surface area contributed by atoms with Crippen molar-refractivity contribution in [2.75, 3.05) is 31.1 Å². The number of urea groups is 1. The van der Waals surface area contributed by atoms with E-state index in [1.54, 1.807) is 11.1 Å². The van der Waals surface area contributed by atoms with E-state index in [1.165, 1.54) is 0 Å². The maximum Gasteiger partial charge on any atom is 0.318 e. The van der Waals surface area contributed by atoms with Crippen LogP contribution in [0.2, 0.25) is 0 Å². The first-order valence-corrected chi connectivity index (χ1v) is 10.1. The van der Waals surface area contributed by atoms with Crippen molar-refractivity contribution in [3.63, 3.8) is 0 Å². The summed E-state index contributed by atoms with van der Waals surface area (Å²) in [7, 11) is 0. The molecular formula is C22H29N5O2. The van der Waals surface area contributed by atoms with Gasteiger partial charge in [0, 0.05) is 38.9 Å². The molecule has 2 aromatic rings. The molecule has 0 bridgehead atoms. The Hall–Kier alpha value is -3.09. The van der Waals surface area contributed by atoms with E-state index in [4.69, 9.17) is 0 Å².